The molecule has 0 spiro atoms. The quantitative estimate of drug-likeness (QED) is 0.469. The Bertz CT molecular complexity index is 1290. The zero-order valence-electron chi connectivity index (χ0n) is 18.4. The number of benzene rings is 1. The molecule has 1 aliphatic heterocycles. The normalized spacial score (nSPS) is 15.6. The number of fused-ring (bicyclic) bond motifs is 2. The average Bonchev–Trinajstić information content (AvgIpc) is 3.33. The highest BCUT2D eigenvalue weighted by Gasteiger charge is 2.33. The van der Waals surface area contributed by atoms with Gasteiger partial charge in [-0.3, -0.25) is 4.79 Å². The van der Waals surface area contributed by atoms with E-state index in [0.29, 0.717) is 36.1 Å². The fraction of sp³-hybridized carbons (Fsp3) is 0.348. The standard InChI is InChI=1S/C23H25N7O2/c1-4-5-12-32-17-8-6-16(7-9-17)18-13-21(31)24-23-22(18)14(2)27-30(23)20-11-10-19-26-25-15(3)29(19)28-20/h6-11,18H,4-5,12-13H2,1-3H3,(H,24,31)/t18-/m1/s1. The Hall–Kier alpha value is -3.75. The molecule has 0 radical (unpaired) electrons. The van der Waals surface area contributed by atoms with Gasteiger partial charge in [-0.1, -0.05) is 25.5 Å². The van der Waals surface area contributed by atoms with E-state index < -0.39 is 0 Å². The van der Waals surface area contributed by atoms with E-state index in [1.807, 2.05) is 50.2 Å². The number of anilines is 1. The van der Waals surface area contributed by atoms with Crippen molar-refractivity contribution >= 4 is 17.4 Å². The van der Waals surface area contributed by atoms with E-state index in [2.05, 4.69) is 27.5 Å². The summed E-state index contributed by atoms with van der Waals surface area (Å²) in [6.07, 6.45) is 2.49. The molecule has 0 saturated heterocycles. The summed E-state index contributed by atoms with van der Waals surface area (Å²) in [6.45, 7) is 6.65. The third kappa shape index (κ3) is 3.49. The first-order valence-electron chi connectivity index (χ1n) is 10.9. The third-order valence-electron chi connectivity index (χ3n) is 5.77. The fourth-order valence-corrected chi connectivity index (χ4v) is 4.13. The minimum absolute atomic E-state index is 0.0477. The van der Waals surface area contributed by atoms with Crippen LogP contribution >= 0.6 is 0 Å². The molecule has 1 atom stereocenters. The molecule has 1 aliphatic rings. The lowest BCUT2D eigenvalue weighted by Crippen LogP contribution is -2.25. The number of hydrogen-bond acceptors (Lipinski definition) is 6. The van der Waals surface area contributed by atoms with Gasteiger partial charge in [0.2, 0.25) is 5.91 Å². The van der Waals surface area contributed by atoms with Crippen LogP contribution in [0.1, 0.15) is 54.7 Å². The summed E-state index contributed by atoms with van der Waals surface area (Å²) in [6, 6.07) is 11.7. The molecule has 4 aromatic rings. The van der Waals surface area contributed by atoms with Gasteiger partial charge < -0.3 is 10.1 Å². The predicted octanol–water partition coefficient (Wildman–Crippen LogP) is 3.58. The number of carbonyl (C=O) groups excluding carboxylic acids is 1. The summed E-state index contributed by atoms with van der Waals surface area (Å²) >= 11 is 0. The Morgan fingerprint density at radius 3 is 2.69 bits per heavy atom. The molecule has 0 aliphatic carbocycles. The van der Waals surface area contributed by atoms with Crippen molar-refractivity contribution in [1.82, 2.24) is 29.6 Å². The summed E-state index contributed by atoms with van der Waals surface area (Å²) in [4.78, 5) is 12.6. The van der Waals surface area contributed by atoms with E-state index in [1.54, 1.807) is 9.20 Å². The van der Waals surface area contributed by atoms with Gasteiger partial charge in [-0.2, -0.15) is 14.3 Å². The Balaban J connectivity index is 1.52. The highest BCUT2D eigenvalue weighted by molar-refractivity contribution is 5.95. The summed E-state index contributed by atoms with van der Waals surface area (Å²) in [7, 11) is 0. The molecule has 0 unspecified atom stereocenters. The molecule has 1 N–H and O–H groups in total. The highest BCUT2D eigenvalue weighted by atomic mass is 16.5. The van der Waals surface area contributed by atoms with Gasteiger partial charge in [0.15, 0.2) is 17.3 Å². The number of carbonyl (C=O) groups is 1. The number of unbranched alkanes of at least 4 members (excludes halogenated alkanes) is 1. The number of nitrogens with zero attached hydrogens (tertiary/aromatic N) is 6. The van der Waals surface area contributed by atoms with E-state index in [-0.39, 0.29) is 11.8 Å². The van der Waals surface area contributed by atoms with Crippen molar-refractivity contribution in [3.63, 3.8) is 0 Å². The molecular formula is C23H25N7O2. The van der Waals surface area contributed by atoms with Gasteiger partial charge in [-0.25, -0.2) is 0 Å². The van der Waals surface area contributed by atoms with Crippen LogP contribution in [0.4, 0.5) is 5.82 Å². The van der Waals surface area contributed by atoms with Crippen LogP contribution in [-0.2, 0) is 4.79 Å². The largest absolute Gasteiger partial charge is 0.494 e. The van der Waals surface area contributed by atoms with Crippen LogP contribution in [0.25, 0.3) is 11.5 Å². The number of rotatable bonds is 6. The van der Waals surface area contributed by atoms with Crippen molar-refractivity contribution in [2.45, 2.75) is 46.0 Å². The van der Waals surface area contributed by atoms with Crippen LogP contribution in [0.5, 0.6) is 5.75 Å². The predicted molar refractivity (Wildman–Crippen MR) is 119 cm³/mol. The minimum Gasteiger partial charge on any atom is -0.494 e. The van der Waals surface area contributed by atoms with Crippen molar-refractivity contribution in [1.29, 1.82) is 0 Å². The number of amides is 1. The zero-order valence-corrected chi connectivity index (χ0v) is 18.4. The minimum atomic E-state index is -0.0856. The molecule has 0 saturated carbocycles. The van der Waals surface area contributed by atoms with E-state index in [9.17, 15) is 4.79 Å². The second-order valence-corrected chi connectivity index (χ2v) is 8.04. The molecule has 0 bridgehead atoms. The van der Waals surface area contributed by atoms with Crippen LogP contribution in [0, 0.1) is 13.8 Å². The first kappa shape index (κ1) is 20.2. The number of aromatic nitrogens is 6. The molecule has 1 aromatic carbocycles. The van der Waals surface area contributed by atoms with Crippen molar-refractivity contribution in [2.75, 3.05) is 11.9 Å². The lowest BCUT2D eigenvalue weighted by Gasteiger charge is -2.24. The monoisotopic (exact) mass is 431 g/mol. The maximum Gasteiger partial charge on any atom is 0.226 e. The summed E-state index contributed by atoms with van der Waals surface area (Å²) in [5.74, 6) is 2.64. The topological polar surface area (TPSA) is 99.2 Å². The van der Waals surface area contributed by atoms with Crippen LogP contribution in [0.2, 0.25) is 0 Å². The molecule has 0 fully saturated rings. The average molecular weight is 432 g/mol. The number of nitrogens with one attached hydrogen (secondary N) is 1. The lowest BCUT2D eigenvalue weighted by atomic mass is 9.86. The maximum absolute atomic E-state index is 12.6. The van der Waals surface area contributed by atoms with Gasteiger partial charge in [0.1, 0.15) is 11.6 Å². The zero-order chi connectivity index (χ0) is 22.2. The molecule has 9 heteroatoms. The van der Waals surface area contributed by atoms with Gasteiger partial charge in [-0.05, 0) is 50.1 Å². The molecule has 9 nitrogen and oxygen atoms in total. The Kier molecular flexibility index (Phi) is 5.08. The fourth-order valence-electron chi connectivity index (χ4n) is 4.13. The summed E-state index contributed by atoms with van der Waals surface area (Å²) < 4.78 is 9.14. The molecule has 3 aromatic heterocycles. The van der Waals surface area contributed by atoms with E-state index in [0.717, 1.165) is 35.4 Å². The second-order valence-electron chi connectivity index (χ2n) is 8.04. The summed E-state index contributed by atoms with van der Waals surface area (Å²) in [5.41, 5.74) is 3.58. The van der Waals surface area contributed by atoms with E-state index >= 15 is 0 Å². The molecule has 4 heterocycles. The van der Waals surface area contributed by atoms with Crippen molar-refractivity contribution in [2.24, 2.45) is 0 Å². The molecular weight excluding hydrogens is 406 g/mol. The van der Waals surface area contributed by atoms with Crippen molar-refractivity contribution in [3.05, 3.63) is 59.0 Å². The van der Waals surface area contributed by atoms with Gasteiger partial charge in [0.25, 0.3) is 0 Å². The molecule has 32 heavy (non-hydrogen) atoms. The molecule has 5 rings (SSSR count). The number of aryl methyl sites for hydroxylation is 2. The molecule has 1 amide bonds. The second kappa shape index (κ2) is 8.07. The first-order valence-corrected chi connectivity index (χ1v) is 10.9. The van der Waals surface area contributed by atoms with Crippen molar-refractivity contribution in [3.8, 4) is 11.6 Å². The maximum atomic E-state index is 12.6. The lowest BCUT2D eigenvalue weighted by molar-refractivity contribution is -0.116. The summed E-state index contributed by atoms with van der Waals surface area (Å²) in [5, 5.41) is 20.5. The van der Waals surface area contributed by atoms with Gasteiger partial charge in [0.05, 0.1) is 12.3 Å². The van der Waals surface area contributed by atoms with Crippen LogP contribution < -0.4 is 10.1 Å². The van der Waals surface area contributed by atoms with E-state index in [1.165, 1.54) is 0 Å². The van der Waals surface area contributed by atoms with Crippen LogP contribution in [-0.4, -0.2) is 42.1 Å². The smallest absolute Gasteiger partial charge is 0.226 e. The van der Waals surface area contributed by atoms with E-state index in [4.69, 9.17) is 9.84 Å². The van der Waals surface area contributed by atoms with Crippen LogP contribution in [0.15, 0.2) is 36.4 Å². The molecule has 164 valence electrons. The Labute approximate surface area is 185 Å². The number of ether oxygens (including phenoxy) is 1. The van der Waals surface area contributed by atoms with Gasteiger partial charge in [0, 0.05) is 17.9 Å². The number of hydrogen-bond donors (Lipinski definition) is 1. The SMILES string of the molecule is CCCCOc1ccc([C@H]2CC(=O)Nc3c2c(C)nn3-c2ccc3nnc(C)n3n2)cc1. The Morgan fingerprint density at radius 2 is 1.91 bits per heavy atom. The van der Waals surface area contributed by atoms with Crippen molar-refractivity contribution < 1.29 is 9.53 Å². The van der Waals surface area contributed by atoms with Gasteiger partial charge in [-0.15, -0.1) is 15.3 Å². The third-order valence-corrected chi connectivity index (χ3v) is 5.77. The van der Waals surface area contributed by atoms with Crippen LogP contribution in [0.3, 0.4) is 0 Å². The first-order chi connectivity index (χ1) is 15.5. The highest BCUT2D eigenvalue weighted by Crippen LogP contribution is 2.40. The van der Waals surface area contributed by atoms with Gasteiger partial charge >= 0.3 is 0 Å². The Morgan fingerprint density at radius 1 is 1.09 bits per heavy atom.